The Kier molecular flexibility index (Phi) is 3.30. The second-order valence-electron chi connectivity index (χ2n) is 5.76. The van der Waals surface area contributed by atoms with Gasteiger partial charge < -0.3 is 20.4 Å². The summed E-state index contributed by atoms with van der Waals surface area (Å²) >= 11 is 0. The van der Waals surface area contributed by atoms with Gasteiger partial charge in [0.15, 0.2) is 0 Å². The van der Waals surface area contributed by atoms with Gasteiger partial charge in [-0.15, -0.1) is 0 Å². The van der Waals surface area contributed by atoms with E-state index in [4.69, 9.17) is 5.11 Å². The molecule has 2 aliphatic rings. The fraction of sp³-hybridized carbons (Fsp3) is 0.533. The van der Waals surface area contributed by atoms with Crippen LogP contribution in [0.1, 0.15) is 30.0 Å². The van der Waals surface area contributed by atoms with Gasteiger partial charge in [0.1, 0.15) is 5.75 Å². The summed E-state index contributed by atoms with van der Waals surface area (Å²) in [6.07, 6.45) is 2.46. The van der Waals surface area contributed by atoms with Crippen LogP contribution < -0.4 is 10.2 Å². The second-order valence-corrected chi connectivity index (χ2v) is 5.76. The highest BCUT2D eigenvalue weighted by Crippen LogP contribution is 2.40. The Morgan fingerprint density at radius 1 is 1.45 bits per heavy atom. The molecule has 2 heterocycles. The van der Waals surface area contributed by atoms with E-state index in [2.05, 4.69) is 10.2 Å². The maximum absolute atomic E-state index is 11.0. The fourth-order valence-electron chi connectivity index (χ4n) is 3.30. The number of carboxylic acids is 1. The molecule has 0 radical (unpaired) electrons. The summed E-state index contributed by atoms with van der Waals surface area (Å²) in [6, 6.07) is 3.91. The third-order valence-electron chi connectivity index (χ3n) is 4.48. The van der Waals surface area contributed by atoms with Gasteiger partial charge in [0, 0.05) is 43.0 Å². The van der Waals surface area contributed by atoms with E-state index in [1.807, 2.05) is 19.2 Å². The molecule has 108 valence electrons. The first kappa shape index (κ1) is 13.2. The van der Waals surface area contributed by atoms with E-state index in [0.717, 1.165) is 36.2 Å². The highest BCUT2D eigenvalue weighted by molar-refractivity contribution is 5.71. The molecule has 5 nitrogen and oxygen atoms in total. The molecule has 0 saturated carbocycles. The van der Waals surface area contributed by atoms with Crippen molar-refractivity contribution in [2.75, 3.05) is 25.0 Å². The first-order valence-corrected chi connectivity index (χ1v) is 7.10. The van der Waals surface area contributed by atoms with Crippen molar-refractivity contribution in [1.82, 2.24) is 5.32 Å². The van der Waals surface area contributed by atoms with Gasteiger partial charge in [-0.05, 0) is 25.3 Å². The van der Waals surface area contributed by atoms with Crippen molar-refractivity contribution in [3.63, 3.8) is 0 Å². The minimum Gasteiger partial charge on any atom is -0.507 e. The molecular weight excluding hydrogens is 256 g/mol. The van der Waals surface area contributed by atoms with Crippen LogP contribution in [0.2, 0.25) is 0 Å². The maximum Gasteiger partial charge on any atom is 0.307 e. The Labute approximate surface area is 118 Å². The number of carboxylic acid groups (broad SMARTS) is 1. The zero-order chi connectivity index (χ0) is 14.3. The van der Waals surface area contributed by atoms with Crippen molar-refractivity contribution in [3.8, 4) is 5.75 Å². The summed E-state index contributed by atoms with van der Waals surface area (Å²) in [6.45, 7) is 1.48. The van der Waals surface area contributed by atoms with Crippen LogP contribution in [0, 0.1) is 5.92 Å². The number of phenolic OH excluding ortho intramolecular Hbond substituents is 1. The molecule has 0 bridgehead atoms. The summed E-state index contributed by atoms with van der Waals surface area (Å²) in [4.78, 5) is 13.2. The van der Waals surface area contributed by atoms with Crippen molar-refractivity contribution in [2.24, 2.45) is 5.92 Å². The zero-order valence-corrected chi connectivity index (χ0v) is 11.6. The number of aliphatic carboxylic acids is 1. The number of hydrogen-bond donors (Lipinski definition) is 3. The summed E-state index contributed by atoms with van der Waals surface area (Å²) in [5, 5.41) is 22.8. The van der Waals surface area contributed by atoms with E-state index in [1.54, 1.807) is 0 Å². The van der Waals surface area contributed by atoms with E-state index in [9.17, 15) is 9.90 Å². The van der Waals surface area contributed by atoms with E-state index < -0.39 is 5.97 Å². The normalized spacial score (nSPS) is 25.6. The molecule has 0 spiro atoms. The average molecular weight is 276 g/mol. The monoisotopic (exact) mass is 276 g/mol. The van der Waals surface area contributed by atoms with Crippen LogP contribution in [-0.2, 0) is 11.2 Å². The lowest BCUT2D eigenvalue weighted by Gasteiger charge is -2.29. The lowest BCUT2D eigenvalue weighted by molar-refractivity contribution is -0.141. The summed E-state index contributed by atoms with van der Waals surface area (Å²) in [5.74, 6) is -0.784. The minimum atomic E-state index is -0.766. The van der Waals surface area contributed by atoms with Crippen LogP contribution in [-0.4, -0.2) is 36.3 Å². The minimum absolute atomic E-state index is 0.0615. The number of fused-ring (bicyclic) bond motifs is 1. The number of rotatable bonds is 2. The third kappa shape index (κ3) is 2.12. The number of benzene rings is 1. The molecule has 0 amide bonds. The summed E-state index contributed by atoms with van der Waals surface area (Å²) in [5.41, 5.74) is 2.92. The Hall–Kier alpha value is -1.75. The highest BCUT2D eigenvalue weighted by Gasteiger charge is 2.32. The van der Waals surface area contributed by atoms with Gasteiger partial charge >= 0.3 is 5.97 Å². The fourth-order valence-corrected chi connectivity index (χ4v) is 3.30. The van der Waals surface area contributed by atoms with Crippen molar-refractivity contribution >= 4 is 11.7 Å². The van der Waals surface area contributed by atoms with Crippen molar-refractivity contribution in [1.29, 1.82) is 0 Å². The second kappa shape index (κ2) is 4.98. The van der Waals surface area contributed by atoms with Crippen LogP contribution in [0.25, 0.3) is 0 Å². The molecule has 0 aliphatic carbocycles. The number of nitrogens with zero attached hydrogens (tertiary/aromatic N) is 1. The Balaban J connectivity index is 1.90. The standard InChI is InChI=1S/C15H20N2O3/c1-17-6-2-3-11-13(17)5-4-10(14(11)18)12-7-9(8-16-12)15(19)20/h4-5,9,12,16,18H,2-3,6-8H2,1H3,(H,19,20). The van der Waals surface area contributed by atoms with Crippen LogP contribution in [0.4, 0.5) is 5.69 Å². The first-order chi connectivity index (χ1) is 9.58. The van der Waals surface area contributed by atoms with E-state index in [-0.39, 0.29) is 12.0 Å². The van der Waals surface area contributed by atoms with Crippen LogP contribution in [0.3, 0.4) is 0 Å². The molecule has 5 heteroatoms. The smallest absolute Gasteiger partial charge is 0.307 e. The molecule has 2 atom stereocenters. The summed E-state index contributed by atoms with van der Waals surface area (Å²) in [7, 11) is 2.03. The first-order valence-electron chi connectivity index (χ1n) is 7.10. The van der Waals surface area contributed by atoms with Crippen LogP contribution in [0.15, 0.2) is 12.1 Å². The predicted octanol–water partition coefficient (Wildman–Crippen LogP) is 1.51. The van der Waals surface area contributed by atoms with Crippen molar-refractivity contribution in [3.05, 3.63) is 23.3 Å². The molecular formula is C15H20N2O3. The molecule has 3 rings (SSSR count). The number of carbonyl (C=O) groups is 1. The van der Waals surface area contributed by atoms with Gasteiger partial charge in [-0.25, -0.2) is 0 Å². The molecule has 3 N–H and O–H groups in total. The lowest BCUT2D eigenvalue weighted by Crippen LogP contribution is -2.25. The van der Waals surface area contributed by atoms with Gasteiger partial charge in [0.25, 0.3) is 0 Å². The topological polar surface area (TPSA) is 72.8 Å². The maximum atomic E-state index is 11.0. The molecule has 20 heavy (non-hydrogen) atoms. The predicted molar refractivity (Wildman–Crippen MR) is 76.2 cm³/mol. The average Bonchev–Trinajstić information content (AvgIpc) is 2.90. The number of aromatic hydroxyl groups is 1. The van der Waals surface area contributed by atoms with Crippen molar-refractivity contribution < 1.29 is 15.0 Å². The highest BCUT2D eigenvalue weighted by atomic mass is 16.4. The molecule has 1 saturated heterocycles. The Morgan fingerprint density at radius 2 is 2.25 bits per heavy atom. The van der Waals surface area contributed by atoms with Crippen LogP contribution >= 0.6 is 0 Å². The number of anilines is 1. The zero-order valence-electron chi connectivity index (χ0n) is 11.6. The molecule has 1 aromatic carbocycles. The quantitative estimate of drug-likeness (QED) is 0.763. The largest absolute Gasteiger partial charge is 0.507 e. The Bertz CT molecular complexity index is 544. The molecule has 1 aromatic rings. The van der Waals surface area contributed by atoms with E-state index >= 15 is 0 Å². The molecule has 2 unspecified atom stereocenters. The number of phenols is 1. The Morgan fingerprint density at radius 3 is 2.95 bits per heavy atom. The summed E-state index contributed by atoms with van der Waals surface area (Å²) < 4.78 is 0. The molecule has 2 aliphatic heterocycles. The molecule has 1 fully saturated rings. The third-order valence-corrected chi connectivity index (χ3v) is 4.48. The SMILES string of the molecule is CN1CCCc2c1ccc(C1CC(C(=O)O)CN1)c2O. The number of hydrogen-bond acceptors (Lipinski definition) is 4. The number of nitrogens with one attached hydrogen (secondary N) is 1. The molecule has 0 aromatic heterocycles. The van der Waals surface area contributed by atoms with Crippen LogP contribution in [0.5, 0.6) is 5.75 Å². The van der Waals surface area contributed by atoms with Gasteiger partial charge in [-0.1, -0.05) is 6.07 Å². The van der Waals surface area contributed by atoms with Gasteiger partial charge in [0.05, 0.1) is 5.92 Å². The van der Waals surface area contributed by atoms with E-state index in [1.165, 1.54) is 0 Å². The van der Waals surface area contributed by atoms with Crippen molar-refractivity contribution in [2.45, 2.75) is 25.3 Å². The van der Waals surface area contributed by atoms with Gasteiger partial charge in [0.2, 0.25) is 0 Å². The van der Waals surface area contributed by atoms with Gasteiger partial charge in [-0.2, -0.15) is 0 Å². The van der Waals surface area contributed by atoms with Gasteiger partial charge in [-0.3, -0.25) is 4.79 Å². The lowest BCUT2D eigenvalue weighted by atomic mass is 9.93. The van der Waals surface area contributed by atoms with E-state index in [0.29, 0.717) is 18.7 Å².